The van der Waals surface area contributed by atoms with E-state index in [0.29, 0.717) is 22.6 Å². The summed E-state index contributed by atoms with van der Waals surface area (Å²) in [5.41, 5.74) is 2.02. The molecule has 1 N–H and O–H groups in total. The van der Waals surface area contributed by atoms with Gasteiger partial charge in [0.2, 0.25) is 0 Å². The highest BCUT2D eigenvalue weighted by Crippen LogP contribution is 2.19. The predicted octanol–water partition coefficient (Wildman–Crippen LogP) is 3.08. The third-order valence-corrected chi connectivity index (χ3v) is 4.19. The summed E-state index contributed by atoms with van der Waals surface area (Å²) < 4.78 is 27.9. The third-order valence-electron chi connectivity index (χ3n) is 4.19. The van der Waals surface area contributed by atoms with E-state index in [4.69, 9.17) is 0 Å². The zero-order valence-corrected chi connectivity index (χ0v) is 14.2. The molecule has 0 atom stereocenters. The van der Waals surface area contributed by atoms with Gasteiger partial charge in [-0.05, 0) is 48.9 Å². The molecule has 2 aromatic carbocycles. The fourth-order valence-electron chi connectivity index (χ4n) is 2.84. The highest BCUT2D eigenvalue weighted by Gasteiger charge is 2.16. The van der Waals surface area contributed by atoms with Crippen LogP contribution in [-0.4, -0.2) is 21.3 Å². The number of rotatable bonds is 5. The summed E-state index contributed by atoms with van der Waals surface area (Å²) in [5.74, 6) is -0.337. The first kappa shape index (κ1) is 17.9. The molecular formula is C20H18F2N2O2. The zero-order chi connectivity index (χ0) is 18.7. The molecule has 26 heavy (non-hydrogen) atoms. The Hall–Kier alpha value is -2.86. The lowest BCUT2D eigenvalue weighted by Crippen LogP contribution is -2.29. The monoisotopic (exact) mass is 356 g/mol. The minimum absolute atomic E-state index is 0.162. The topological polar surface area (TPSA) is 55.1 Å². The van der Waals surface area contributed by atoms with E-state index in [-0.39, 0.29) is 36.8 Å². The van der Waals surface area contributed by atoms with Gasteiger partial charge in [-0.2, -0.15) is 0 Å². The van der Waals surface area contributed by atoms with Crippen molar-refractivity contribution in [3.05, 3.63) is 87.3 Å². The van der Waals surface area contributed by atoms with Gasteiger partial charge in [-0.3, -0.25) is 9.36 Å². The van der Waals surface area contributed by atoms with Gasteiger partial charge in [-0.25, -0.2) is 13.8 Å². The number of benzene rings is 2. The average Bonchev–Trinajstić information content (AvgIpc) is 2.63. The molecule has 6 heteroatoms. The number of aliphatic hydroxyl groups is 1. The Morgan fingerprint density at radius 1 is 1.00 bits per heavy atom. The van der Waals surface area contributed by atoms with E-state index in [1.54, 1.807) is 31.2 Å². The second-order valence-electron chi connectivity index (χ2n) is 6.00. The Labute approximate surface area is 149 Å². The molecule has 4 nitrogen and oxygen atoms in total. The molecule has 0 radical (unpaired) electrons. The quantitative estimate of drug-likeness (QED) is 0.764. The molecule has 0 fully saturated rings. The van der Waals surface area contributed by atoms with Crippen molar-refractivity contribution in [2.75, 3.05) is 6.61 Å². The number of hydrogen-bond donors (Lipinski definition) is 1. The largest absolute Gasteiger partial charge is 0.396 e. The number of hydrogen-bond acceptors (Lipinski definition) is 3. The molecule has 0 bridgehead atoms. The van der Waals surface area contributed by atoms with Crippen molar-refractivity contribution >= 4 is 0 Å². The Morgan fingerprint density at radius 3 is 2.15 bits per heavy atom. The minimum Gasteiger partial charge on any atom is -0.396 e. The van der Waals surface area contributed by atoms with Gasteiger partial charge in [0.25, 0.3) is 5.56 Å². The maximum absolute atomic E-state index is 13.3. The van der Waals surface area contributed by atoms with Gasteiger partial charge in [0.1, 0.15) is 17.5 Å². The molecule has 0 aliphatic heterocycles. The first-order chi connectivity index (χ1) is 12.5. The van der Waals surface area contributed by atoms with Crippen LogP contribution in [0.4, 0.5) is 8.78 Å². The van der Waals surface area contributed by atoms with Crippen molar-refractivity contribution in [1.82, 2.24) is 9.55 Å². The smallest absolute Gasteiger partial charge is 0.257 e. The lowest BCUT2D eigenvalue weighted by atomic mass is 10.1. The van der Waals surface area contributed by atoms with E-state index in [1.165, 1.54) is 28.8 Å². The van der Waals surface area contributed by atoms with Gasteiger partial charge >= 0.3 is 0 Å². The van der Waals surface area contributed by atoms with Crippen molar-refractivity contribution in [2.24, 2.45) is 0 Å². The molecule has 0 spiro atoms. The summed E-state index contributed by atoms with van der Waals surface area (Å²) in [6.45, 7) is 1.74. The third kappa shape index (κ3) is 3.70. The molecule has 0 aliphatic rings. The van der Waals surface area contributed by atoms with Crippen LogP contribution in [0.25, 0.3) is 11.4 Å². The van der Waals surface area contributed by atoms with Crippen LogP contribution < -0.4 is 5.56 Å². The van der Waals surface area contributed by atoms with Crippen LogP contribution in [0.15, 0.2) is 53.3 Å². The van der Waals surface area contributed by atoms with E-state index in [9.17, 15) is 18.7 Å². The van der Waals surface area contributed by atoms with E-state index < -0.39 is 0 Å². The summed E-state index contributed by atoms with van der Waals surface area (Å²) in [5, 5.41) is 9.24. The van der Waals surface area contributed by atoms with Gasteiger partial charge in [0.05, 0.1) is 6.54 Å². The normalized spacial score (nSPS) is 10.9. The van der Waals surface area contributed by atoms with Crippen LogP contribution in [0.3, 0.4) is 0 Å². The fraction of sp³-hybridized carbons (Fsp3) is 0.200. The van der Waals surface area contributed by atoms with Crippen LogP contribution in [0.1, 0.15) is 16.8 Å². The Balaban J connectivity index is 2.17. The van der Waals surface area contributed by atoms with E-state index in [2.05, 4.69) is 4.98 Å². The van der Waals surface area contributed by atoms with Crippen molar-refractivity contribution in [3.8, 4) is 11.4 Å². The summed E-state index contributed by atoms with van der Waals surface area (Å²) >= 11 is 0. The van der Waals surface area contributed by atoms with Crippen LogP contribution >= 0.6 is 0 Å². The lowest BCUT2D eigenvalue weighted by molar-refractivity contribution is 0.298. The summed E-state index contributed by atoms with van der Waals surface area (Å²) in [6, 6.07) is 11.6. The van der Waals surface area contributed by atoms with Crippen LogP contribution in [-0.2, 0) is 13.0 Å². The van der Waals surface area contributed by atoms with Crippen molar-refractivity contribution < 1.29 is 13.9 Å². The highest BCUT2D eigenvalue weighted by molar-refractivity contribution is 5.56. The van der Waals surface area contributed by atoms with Gasteiger partial charge in [-0.15, -0.1) is 0 Å². The molecule has 0 aliphatic carbocycles. The van der Waals surface area contributed by atoms with Crippen molar-refractivity contribution in [3.63, 3.8) is 0 Å². The van der Waals surface area contributed by atoms with E-state index in [0.717, 1.165) is 5.56 Å². The van der Waals surface area contributed by atoms with E-state index >= 15 is 0 Å². The van der Waals surface area contributed by atoms with Crippen molar-refractivity contribution in [1.29, 1.82) is 0 Å². The van der Waals surface area contributed by atoms with E-state index in [1.807, 2.05) is 0 Å². The molecule has 3 rings (SSSR count). The number of nitrogens with zero attached hydrogens (tertiary/aromatic N) is 2. The second kappa shape index (κ2) is 7.58. The highest BCUT2D eigenvalue weighted by atomic mass is 19.1. The number of halogens is 2. The molecule has 1 aromatic heterocycles. The summed E-state index contributed by atoms with van der Waals surface area (Å²) in [4.78, 5) is 17.5. The SMILES string of the molecule is Cc1nc(-c2ccc(F)cc2)n(Cc2ccc(F)cc2)c(=O)c1CCO. The first-order valence-corrected chi connectivity index (χ1v) is 8.21. The summed E-state index contributed by atoms with van der Waals surface area (Å²) in [6.07, 6.45) is 0.199. The second-order valence-corrected chi connectivity index (χ2v) is 6.00. The van der Waals surface area contributed by atoms with Gasteiger partial charge < -0.3 is 5.11 Å². The van der Waals surface area contributed by atoms with Gasteiger partial charge in [0, 0.05) is 29.8 Å². The molecule has 0 saturated heterocycles. The standard InChI is InChI=1S/C20H18F2N2O2/c1-13-18(10-11-25)20(26)24(12-14-2-6-16(21)7-3-14)19(23-13)15-4-8-17(22)9-5-15/h2-9,25H,10-12H2,1H3. The molecule has 0 saturated carbocycles. The molecule has 3 aromatic rings. The molecule has 0 unspecified atom stereocenters. The minimum atomic E-state index is -0.380. The maximum Gasteiger partial charge on any atom is 0.257 e. The van der Waals surface area contributed by atoms with Crippen LogP contribution in [0.5, 0.6) is 0 Å². The van der Waals surface area contributed by atoms with Gasteiger partial charge in [0.15, 0.2) is 0 Å². The number of aliphatic hydroxyl groups excluding tert-OH is 1. The van der Waals surface area contributed by atoms with Crippen molar-refractivity contribution in [2.45, 2.75) is 19.9 Å². The van der Waals surface area contributed by atoms with Crippen LogP contribution in [0.2, 0.25) is 0 Å². The Morgan fingerprint density at radius 2 is 1.58 bits per heavy atom. The van der Waals surface area contributed by atoms with Gasteiger partial charge in [-0.1, -0.05) is 12.1 Å². The zero-order valence-electron chi connectivity index (χ0n) is 14.2. The number of aryl methyl sites for hydroxylation is 1. The number of aromatic nitrogens is 2. The lowest BCUT2D eigenvalue weighted by Gasteiger charge is -2.16. The fourth-order valence-corrected chi connectivity index (χ4v) is 2.84. The average molecular weight is 356 g/mol. The van der Waals surface area contributed by atoms with Crippen LogP contribution in [0, 0.1) is 18.6 Å². The first-order valence-electron chi connectivity index (χ1n) is 8.21. The molecule has 1 heterocycles. The molecule has 0 amide bonds. The Kier molecular flexibility index (Phi) is 5.23. The maximum atomic E-state index is 13.3. The predicted molar refractivity (Wildman–Crippen MR) is 94.9 cm³/mol. The molecule has 134 valence electrons. The molecular weight excluding hydrogens is 338 g/mol. The Bertz CT molecular complexity index is 965. The summed E-state index contributed by atoms with van der Waals surface area (Å²) in [7, 11) is 0.